The lowest BCUT2D eigenvalue weighted by Gasteiger charge is -2.12. The van der Waals surface area contributed by atoms with Crippen molar-refractivity contribution in [3.63, 3.8) is 0 Å². The Kier molecular flexibility index (Phi) is 3.24. The van der Waals surface area contributed by atoms with Gasteiger partial charge in [0.05, 0.1) is 29.8 Å². The first kappa shape index (κ1) is 10.7. The topological polar surface area (TPSA) is 66.1 Å². The van der Waals surface area contributed by atoms with E-state index in [9.17, 15) is 4.79 Å². The number of hydrogen-bond donors (Lipinski definition) is 3. The molecule has 86 valence electrons. The molecule has 0 spiro atoms. The molecule has 0 aromatic carbocycles. The van der Waals surface area contributed by atoms with Crippen LogP contribution >= 0.6 is 0 Å². The Balaban J connectivity index is 1.98. The number of rotatable bonds is 4. The van der Waals surface area contributed by atoms with Gasteiger partial charge in [-0.05, 0) is 13.0 Å². The number of anilines is 2. The van der Waals surface area contributed by atoms with Gasteiger partial charge in [0.25, 0.3) is 0 Å². The van der Waals surface area contributed by atoms with Gasteiger partial charge in [0.2, 0.25) is 5.91 Å². The lowest BCUT2D eigenvalue weighted by molar-refractivity contribution is -0.119. The van der Waals surface area contributed by atoms with E-state index in [1.54, 1.807) is 12.4 Å². The molecule has 2 rings (SSSR count). The maximum Gasteiger partial charge on any atom is 0.222 e. The third-order valence-corrected chi connectivity index (χ3v) is 2.47. The molecule has 1 amide bonds. The van der Waals surface area contributed by atoms with Gasteiger partial charge in [0.1, 0.15) is 0 Å². The summed E-state index contributed by atoms with van der Waals surface area (Å²) in [7, 11) is 0. The minimum atomic E-state index is 0.105. The lowest BCUT2D eigenvalue weighted by Crippen LogP contribution is -2.22. The minimum absolute atomic E-state index is 0.105. The molecule has 1 fully saturated rings. The smallest absolute Gasteiger partial charge is 0.222 e. The van der Waals surface area contributed by atoms with Crippen LogP contribution in [0.5, 0.6) is 0 Å². The Morgan fingerprint density at radius 3 is 3.00 bits per heavy atom. The van der Waals surface area contributed by atoms with E-state index in [0.29, 0.717) is 13.0 Å². The van der Waals surface area contributed by atoms with Gasteiger partial charge in [0, 0.05) is 19.5 Å². The highest BCUT2D eigenvalue weighted by molar-refractivity contribution is 5.79. The second-order valence-electron chi connectivity index (χ2n) is 3.84. The molecule has 1 atom stereocenters. The predicted octanol–water partition coefficient (Wildman–Crippen LogP) is 0.814. The molecule has 0 aliphatic carbocycles. The number of carbonyl (C=O) groups is 1. The third kappa shape index (κ3) is 2.62. The monoisotopic (exact) mass is 220 g/mol. The molecule has 16 heavy (non-hydrogen) atoms. The van der Waals surface area contributed by atoms with E-state index in [2.05, 4.69) is 20.9 Å². The molecule has 3 N–H and O–H groups in total. The van der Waals surface area contributed by atoms with E-state index in [1.807, 2.05) is 13.0 Å². The second kappa shape index (κ2) is 4.83. The van der Waals surface area contributed by atoms with Crippen molar-refractivity contribution in [3.8, 4) is 0 Å². The van der Waals surface area contributed by atoms with Crippen molar-refractivity contribution < 1.29 is 4.79 Å². The van der Waals surface area contributed by atoms with Gasteiger partial charge in [-0.2, -0.15) is 0 Å². The van der Waals surface area contributed by atoms with Gasteiger partial charge < -0.3 is 16.0 Å². The van der Waals surface area contributed by atoms with E-state index in [4.69, 9.17) is 0 Å². The Bertz CT molecular complexity index is 380. The van der Waals surface area contributed by atoms with E-state index in [1.165, 1.54) is 0 Å². The second-order valence-corrected chi connectivity index (χ2v) is 3.84. The maximum atomic E-state index is 11.0. The Hall–Kier alpha value is -1.78. The van der Waals surface area contributed by atoms with Crippen LogP contribution in [-0.4, -0.2) is 30.0 Å². The van der Waals surface area contributed by atoms with Crippen LogP contribution in [0.1, 0.15) is 13.3 Å². The molecule has 1 aromatic rings. The molecule has 0 bridgehead atoms. The van der Waals surface area contributed by atoms with Gasteiger partial charge in [-0.1, -0.05) is 0 Å². The molecule has 0 radical (unpaired) electrons. The van der Waals surface area contributed by atoms with Crippen molar-refractivity contribution in [2.75, 3.05) is 23.7 Å². The average molecular weight is 220 g/mol. The molecule has 2 heterocycles. The molecule has 5 heteroatoms. The number of aromatic nitrogens is 1. The number of nitrogens with zero attached hydrogens (tertiary/aromatic N) is 1. The van der Waals surface area contributed by atoms with Crippen molar-refractivity contribution in [1.82, 2.24) is 10.3 Å². The van der Waals surface area contributed by atoms with Crippen LogP contribution < -0.4 is 16.0 Å². The summed E-state index contributed by atoms with van der Waals surface area (Å²) in [5.41, 5.74) is 1.93. The minimum Gasteiger partial charge on any atom is -0.384 e. The molecule has 1 unspecified atom stereocenters. The standard InChI is InChI=1S/C11H16N4O/c1-2-13-8-3-9(6-12-5-8)15-10-4-11(16)14-7-10/h3,5-6,10,13,15H,2,4,7H2,1H3,(H,14,16). The molecule has 1 aromatic heterocycles. The van der Waals surface area contributed by atoms with Crippen LogP contribution in [0.25, 0.3) is 0 Å². The van der Waals surface area contributed by atoms with Crippen LogP contribution in [0.3, 0.4) is 0 Å². The maximum absolute atomic E-state index is 11.0. The molecule has 1 saturated heterocycles. The van der Waals surface area contributed by atoms with E-state index < -0.39 is 0 Å². The number of amides is 1. The average Bonchev–Trinajstić information content (AvgIpc) is 2.65. The van der Waals surface area contributed by atoms with Gasteiger partial charge >= 0.3 is 0 Å². The van der Waals surface area contributed by atoms with Crippen LogP contribution in [0.4, 0.5) is 11.4 Å². The lowest BCUT2D eigenvalue weighted by atomic mass is 10.2. The van der Waals surface area contributed by atoms with Crippen molar-refractivity contribution in [3.05, 3.63) is 18.5 Å². The predicted molar refractivity (Wildman–Crippen MR) is 63.4 cm³/mol. The fourth-order valence-electron chi connectivity index (χ4n) is 1.76. The van der Waals surface area contributed by atoms with Crippen molar-refractivity contribution in [1.29, 1.82) is 0 Å². The highest BCUT2D eigenvalue weighted by atomic mass is 16.1. The highest BCUT2D eigenvalue weighted by Crippen LogP contribution is 2.15. The summed E-state index contributed by atoms with van der Waals surface area (Å²) in [4.78, 5) is 15.2. The zero-order valence-electron chi connectivity index (χ0n) is 9.29. The highest BCUT2D eigenvalue weighted by Gasteiger charge is 2.20. The summed E-state index contributed by atoms with van der Waals surface area (Å²) in [6.07, 6.45) is 4.09. The van der Waals surface area contributed by atoms with Crippen LogP contribution in [0, 0.1) is 0 Å². The van der Waals surface area contributed by atoms with Crippen molar-refractivity contribution in [2.24, 2.45) is 0 Å². The van der Waals surface area contributed by atoms with Gasteiger partial charge in [0.15, 0.2) is 0 Å². The molecule has 1 aliphatic heterocycles. The summed E-state index contributed by atoms with van der Waals surface area (Å²) in [6, 6.07) is 2.17. The largest absolute Gasteiger partial charge is 0.384 e. The Labute approximate surface area is 94.6 Å². The van der Waals surface area contributed by atoms with Crippen LogP contribution in [0.2, 0.25) is 0 Å². The van der Waals surface area contributed by atoms with Crippen LogP contribution in [0.15, 0.2) is 18.5 Å². The van der Waals surface area contributed by atoms with E-state index in [-0.39, 0.29) is 11.9 Å². The molecule has 1 aliphatic rings. The fraction of sp³-hybridized carbons (Fsp3) is 0.455. The van der Waals surface area contributed by atoms with Crippen molar-refractivity contribution in [2.45, 2.75) is 19.4 Å². The first-order chi connectivity index (χ1) is 7.78. The van der Waals surface area contributed by atoms with E-state index in [0.717, 1.165) is 17.9 Å². The first-order valence-electron chi connectivity index (χ1n) is 5.50. The number of pyridine rings is 1. The van der Waals surface area contributed by atoms with Gasteiger partial charge in [-0.15, -0.1) is 0 Å². The summed E-state index contributed by atoms with van der Waals surface area (Å²) in [6.45, 7) is 3.60. The summed E-state index contributed by atoms with van der Waals surface area (Å²) in [5, 5.41) is 9.27. The number of carbonyl (C=O) groups excluding carboxylic acids is 1. The van der Waals surface area contributed by atoms with Gasteiger partial charge in [-0.3, -0.25) is 9.78 Å². The normalized spacial score (nSPS) is 19.3. The third-order valence-electron chi connectivity index (χ3n) is 2.47. The molecular formula is C11H16N4O. The zero-order chi connectivity index (χ0) is 11.4. The zero-order valence-corrected chi connectivity index (χ0v) is 9.29. The number of nitrogens with one attached hydrogen (secondary N) is 3. The SMILES string of the molecule is CCNc1cncc(NC2CNC(=O)C2)c1. The number of hydrogen-bond acceptors (Lipinski definition) is 4. The Morgan fingerprint density at radius 2 is 2.31 bits per heavy atom. The Morgan fingerprint density at radius 1 is 1.50 bits per heavy atom. The van der Waals surface area contributed by atoms with Crippen molar-refractivity contribution >= 4 is 17.3 Å². The summed E-state index contributed by atoms with van der Waals surface area (Å²) < 4.78 is 0. The first-order valence-corrected chi connectivity index (χ1v) is 5.50. The van der Waals surface area contributed by atoms with Crippen LogP contribution in [-0.2, 0) is 4.79 Å². The molecule has 5 nitrogen and oxygen atoms in total. The summed E-state index contributed by atoms with van der Waals surface area (Å²) in [5.74, 6) is 0.105. The van der Waals surface area contributed by atoms with E-state index >= 15 is 0 Å². The van der Waals surface area contributed by atoms with Gasteiger partial charge in [-0.25, -0.2) is 0 Å². The molecular weight excluding hydrogens is 204 g/mol. The summed E-state index contributed by atoms with van der Waals surface area (Å²) >= 11 is 0. The molecule has 0 saturated carbocycles. The fourth-order valence-corrected chi connectivity index (χ4v) is 1.76. The quantitative estimate of drug-likeness (QED) is 0.702.